The van der Waals surface area contributed by atoms with Crippen molar-refractivity contribution >= 4 is 29.2 Å². The molecule has 1 aliphatic rings. The number of amides is 1. The minimum atomic E-state index is -0.928. The molecule has 0 saturated carbocycles. The second kappa shape index (κ2) is 8.06. The summed E-state index contributed by atoms with van der Waals surface area (Å²) in [5, 5.41) is 12.9. The largest absolute Gasteiger partial charge is 0.495 e. The highest BCUT2D eigenvalue weighted by Gasteiger charge is 2.31. The first kappa shape index (κ1) is 17.4. The number of aliphatic carboxylic acids is 1. The summed E-state index contributed by atoms with van der Waals surface area (Å²) in [7, 11) is 1.56. The Morgan fingerprint density at radius 1 is 1.43 bits per heavy atom. The van der Waals surface area contributed by atoms with Crippen LogP contribution < -0.4 is 10.1 Å². The van der Waals surface area contributed by atoms with Crippen LogP contribution in [0, 0.1) is 0 Å². The molecule has 1 aromatic carbocycles. The third-order valence-corrected chi connectivity index (χ3v) is 4.16. The van der Waals surface area contributed by atoms with Crippen molar-refractivity contribution in [3.8, 4) is 5.75 Å². The summed E-state index contributed by atoms with van der Waals surface area (Å²) in [4.78, 5) is 25.0. The third kappa shape index (κ3) is 4.51. The maximum absolute atomic E-state index is 12.3. The number of halogens is 1. The van der Waals surface area contributed by atoms with E-state index in [0.29, 0.717) is 36.0 Å². The Hall–Kier alpha value is -1.95. The number of nitrogens with zero attached hydrogens (tertiary/aromatic N) is 1. The topological polar surface area (TPSA) is 78.9 Å². The first-order valence-corrected chi connectivity index (χ1v) is 8.00. The molecule has 1 unspecified atom stereocenters. The van der Waals surface area contributed by atoms with Gasteiger partial charge in [-0.25, -0.2) is 4.79 Å². The van der Waals surface area contributed by atoms with Crippen LogP contribution in [0.2, 0.25) is 5.02 Å². The molecule has 0 aliphatic carbocycles. The van der Waals surface area contributed by atoms with E-state index >= 15 is 0 Å². The Bertz CT molecular complexity index is 579. The molecule has 1 atom stereocenters. The molecule has 23 heavy (non-hydrogen) atoms. The van der Waals surface area contributed by atoms with Crippen LogP contribution in [0.15, 0.2) is 18.2 Å². The molecule has 1 aliphatic heterocycles. The zero-order chi connectivity index (χ0) is 16.8. The lowest BCUT2D eigenvalue weighted by atomic mass is 10.0. The monoisotopic (exact) mass is 340 g/mol. The maximum atomic E-state index is 12.3. The Morgan fingerprint density at radius 3 is 2.91 bits per heavy atom. The van der Waals surface area contributed by atoms with Gasteiger partial charge in [0.15, 0.2) is 0 Å². The maximum Gasteiger partial charge on any atom is 0.326 e. The van der Waals surface area contributed by atoms with Crippen LogP contribution in [-0.2, 0) is 9.59 Å². The molecular weight excluding hydrogens is 320 g/mol. The van der Waals surface area contributed by atoms with Gasteiger partial charge in [-0.3, -0.25) is 4.79 Å². The number of benzene rings is 1. The second-order valence-electron chi connectivity index (χ2n) is 5.46. The van der Waals surface area contributed by atoms with Crippen molar-refractivity contribution in [2.45, 2.75) is 31.7 Å². The summed E-state index contributed by atoms with van der Waals surface area (Å²) in [5.41, 5.74) is 0.709. The van der Waals surface area contributed by atoms with E-state index in [-0.39, 0.29) is 12.3 Å². The summed E-state index contributed by atoms with van der Waals surface area (Å²) in [6, 6.07) is 4.50. The number of carbonyl (C=O) groups excluding carboxylic acids is 1. The molecular formula is C16H21ClN2O4. The van der Waals surface area contributed by atoms with Crippen molar-refractivity contribution < 1.29 is 19.4 Å². The molecule has 0 radical (unpaired) electrons. The summed E-state index contributed by atoms with van der Waals surface area (Å²) in [6.45, 7) is 0.897. The van der Waals surface area contributed by atoms with Crippen LogP contribution in [-0.4, -0.2) is 48.1 Å². The first-order valence-electron chi connectivity index (χ1n) is 7.62. The van der Waals surface area contributed by atoms with E-state index < -0.39 is 12.0 Å². The van der Waals surface area contributed by atoms with Gasteiger partial charge < -0.3 is 20.1 Å². The number of hydrogen-bond acceptors (Lipinski definition) is 4. The number of anilines is 1. The fourth-order valence-corrected chi connectivity index (χ4v) is 2.92. The van der Waals surface area contributed by atoms with Crippen LogP contribution >= 0.6 is 11.6 Å². The van der Waals surface area contributed by atoms with E-state index in [9.17, 15) is 14.7 Å². The van der Waals surface area contributed by atoms with Crippen LogP contribution in [0.1, 0.15) is 25.7 Å². The first-order chi connectivity index (χ1) is 11.0. The van der Waals surface area contributed by atoms with E-state index in [1.165, 1.54) is 4.90 Å². The van der Waals surface area contributed by atoms with Gasteiger partial charge in [-0.15, -0.1) is 0 Å². The van der Waals surface area contributed by atoms with Crippen LogP contribution in [0.3, 0.4) is 0 Å². The fourth-order valence-electron chi connectivity index (χ4n) is 2.75. The summed E-state index contributed by atoms with van der Waals surface area (Å²) in [5.74, 6) is -0.434. The van der Waals surface area contributed by atoms with Gasteiger partial charge in [-0.05, 0) is 37.5 Å². The predicted octanol–water partition coefficient (Wildman–Crippen LogP) is 2.62. The molecule has 7 heteroatoms. The van der Waals surface area contributed by atoms with Crippen molar-refractivity contribution in [1.29, 1.82) is 0 Å². The van der Waals surface area contributed by atoms with Crippen molar-refractivity contribution in [3.63, 3.8) is 0 Å². The third-order valence-electron chi connectivity index (χ3n) is 3.92. The summed E-state index contributed by atoms with van der Waals surface area (Å²) >= 11 is 5.95. The number of methoxy groups -OCH3 is 1. The Kier molecular flexibility index (Phi) is 6.10. The zero-order valence-corrected chi connectivity index (χ0v) is 13.8. The molecule has 2 N–H and O–H groups in total. The second-order valence-corrected chi connectivity index (χ2v) is 5.89. The predicted molar refractivity (Wildman–Crippen MR) is 88.1 cm³/mol. The van der Waals surface area contributed by atoms with Crippen molar-refractivity contribution in [2.75, 3.05) is 25.5 Å². The van der Waals surface area contributed by atoms with Crippen LogP contribution in [0.4, 0.5) is 5.69 Å². The summed E-state index contributed by atoms with van der Waals surface area (Å²) < 4.78 is 5.23. The fraction of sp³-hybridized carbons (Fsp3) is 0.500. The standard InChI is InChI=1S/C16H21ClN2O4/c1-23-14-6-5-11(17)10-12(14)18-8-7-15(20)19-9-3-2-4-13(19)16(21)22/h5-6,10,13,18H,2-4,7-9H2,1H3,(H,21,22). The van der Waals surface area contributed by atoms with Gasteiger partial charge in [0.2, 0.25) is 5.91 Å². The lowest BCUT2D eigenvalue weighted by Gasteiger charge is -2.33. The lowest BCUT2D eigenvalue weighted by Crippen LogP contribution is -2.48. The smallest absolute Gasteiger partial charge is 0.326 e. The van der Waals surface area contributed by atoms with Gasteiger partial charge in [-0.1, -0.05) is 11.6 Å². The lowest BCUT2D eigenvalue weighted by molar-refractivity contribution is -0.151. The average Bonchev–Trinajstić information content (AvgIpc) is 2.55. The molecule has 126 valence electrons. The van der Waals surface area contributed by atoms with Gasteiger partial charge in [0.05, 0.1) is 12.8 Å². The molecule has 0 bridgehead atoms. The van der Waals surface area contributed by atoms with Crippen LogP contribution in [0.25, 0.3) is 0 Å². The summed E-state index contributed by atoms with van der Waals surface area (Å²) in [6.07, 6.45) is 2.44. The molecule has 6 nitrogen and oxygen atoms in total. The molecule has 1 saturated heterocycles. The number of rotatable bonds is 6. The average molecular weight is 341 g/mol. The number of nitrogens with one attached hydrogen (secondary N) is 1. The molecule has 1 aromatic rings. The SMILES string of the molecule is COc1ccc(Cl)cc1NCCC(=O)N1CCCCC1C(=O)O. The van der Waals surface area contributed by atoms with E-state index in [1.54, 1.807) is 25.3 Å². The Morgan fingerprint density at radius 2 is 2.22 bits per heavy atom. The number of carbonyl (C=O) groups is 2. The van der Waals surface area contributed by atoms with Gasteiger partial charge in [0, 0.05) is 24.5 Å². The molecule has 0 aromatic heterocycles. The molecule has 1 amide bonds. The number of piperidine rings is 1. The van der Waals surface area contributed by atoms with E-state index in [1.807, 2.05) is 0 Å². The quantitative estimate of drug-likeness (QED) is 0.832. The van der Waals surface area contributed by atoms with Crippen molar-refractivity contribution in [2.24, 2.45) is 0 Å². The highest BCUT2D eigenvalue weighted by Crippen LogP contribution is 2.27. The number of ether oxygens (including phenoxy) is 1. The molecule has 1 fully saturated rings. The number of carboxylic acids is 1. The van der Waals surface area contributed by atoms with Crippen molar-refractivity contribution in [1.82, 2.24) is 4.90 Å². The normalized spacial score (nSPS) is 17.7. The Balaban J connectivity index is 1.91. The minimum absolute atomic E-state index is 0.148. The van der Waals surface area contributed by atoms with E-state index in [4.69, 9.17) is 16.3 Å². The van der Waals surface area contributed by atoms with E-state index in [2.05, 4.69) is 5.32 Å². The molecule has 0 spiro atoms. The van der Waals surface area contributed by atoms with Gasteiger partial charge >= 0.3 is 5.97 Å². The number of carboxylic acid groups (broad SMARTS) is 1. The van der Waals surface area contributed by atoms with Gasteiger partial charge in [-0.2, -0.15) is 0 Å². The zero-order valence-electron chi connectivity index (χ0n) is 13.0. The highest BCUT2D eigenvalue weighted by molar-refractivity contribution is 6.30. The Labute approximate surface area is 140 Å². The minimum Gasteiger partial charge on any atom is -0.495 e. The van der Waals surface area contributed by atoms with Crippen molar-refractivity contribution in [3.05, 3.63) is 23.2 Å². The number of hydrogen-bond donors (Lipinski definition) is 2. The van der Waals surface area contributed by atoms with Gasteiger partial charge in [0.1, 0.15) is 11.8 Å². The van der Waals surface area contributed by atoms with Gasteiger partial charge in [0.25, 0.3) is 0 Å². The highest BCUT2D eigenvalue weighted by atomic mass is 35.5. The number of likely N-dealkylation sites (tertiary alicyclic amines) is 1. The van der Waals surface area contributed by atoms with Crippen LogP contribution in [0.5, 0.6) is 5.75 Å². The molecule has 1 heterocycles. The molecule has 2 rings (SSSR count). The van der Waals surface area contributed by atoms with E-state index in [0.717, 1.165) is 12.8 Å².